The molecule has 0 radical (unpaired) electrons. The van der Waals surface area contributed by atoms with Crippen LogP contribution in [-0.2, 0) is 13.1 Å². The van der Waals surface area contributed by atoms with E-state index in [9.17, 15) is 4.79 Å². The van der Waals surface area contributed by atoms with Gasteiger partial charge in [0.15, 0.2) is 0 Å². The lowest BCUT2D eigenvalue weighted by molar-refractivity contribution is 0.493. The second-order valence-corrected chi connectivity index (χ2v) is 5.83. The van der Waals surface area contributed by atoms with Gasteiger partial charge < -0.3 is 9.88 Å². The van der Waals surface area contributed by atoms with Gasteiger partial charge in [-0.2, -0.15) is 0 Å². The number of nitrogens with zero attached hydrogens (tertiary/aromatic N) is 1. The fraction of sp³-hybridized carbons (Fsp3) is 0.688. The number of pyridine rings is 1. The molecule has 1 unspecified atom stereocenters. The minimum absolute atomic E-state index is 0.163. The van der Waals surface area contributed by atoms with Crippen molar-refractivity contribution in [2.45, 2.75) is 66.6 Å². The molecule has 0 aromatic carbocycles. The zero-order valence-electron chi connectivity index (χ0n) is 13.0. The molecule has 0 aliphatic rings. The molecule has 0 fully saturated rings. The van der Waals surface area contributed by atoms with Crippen molar-refractivity contribution in [3.8, 4) is 0 Å². The van der Waals surface area contributed by atoms with Gasteiger partial charge in [-0.25, -0.2) is 0 Å². The summed E-state index contributed by atoms with van der Waals surface area (Å²) in [5.74, 6) is 0.619. The first-order chi connectivity index (χ1) is 8.95. The molecule has 0 saturated carbocycles. The van der Waals surface area contributed by atoms with Gasteiger partial charge in [-0.1, -0.05) is 26.8 Å². The van der Waals surface area contributed by atoms with Crippen molar-refractivity contribution in [1.82, 2.24) is 9.88 Å². The topological polar surface area (TPSA) is 34.0 Å². The fourth-order valence-electron chi connectivity index (χ4n) is 1.94. The Labute approximate surface area is 117 Å². The highest BCUT2D eigenvalue weighted by atomic mass is 16.1. The van der Waals surface area contributed by atoms with Gasteiger partial charge in [0, 0.05) is 30.4 Å². The van der Waals surface area contributed by atoms with Crippen LogP contribution < -0.4 is 10.9 Å². The average molecular weight is 264 g/mol. The molecule has 1 N–H and O–H groups in total. The van der Waals surface area contributed by atoms with Crippen molar-refractivity contribution in [2.24, 2.45) is 5.92 Å². The van der Waals surface area contributed by atoms with Crippen LogP contribution in [0.1, 0.15) is 51.8 Å². The van der Waals surface area contributed by atoms with E-state index in [0.717, 1.165) is 30.6 Å². The van der Waals surface area contributed by atoms with E-state index in [1.54, 1.807) is 0 Å². The summed E-state index contributed by atoms with van der Waals surface area (Å²) in [6.45, 7) is 12.2. The number of nitrogens with one attached hydrogen (secondary N) is 1. The third-order valence-corrected chi connectivity index (χ3v) is 3.65. The number of hydrogen-bond donors (Lipinski definition) is 1. The quantitative estimate of drug-likeness (QED) is 0.821. The molecule has 19 heavy (non-hydrogen) atoms. The van der Waals surface area contributed by atoms with Gasteiger partial charge in [-0.3, -0.25) is 4.79 Å². The molecule has 0 bridgehead atoms. The van der Waals surface area contributed by atoms with Gasteiger partial charge in [-0.05, 0) is 38.7 Å². The predicted octanol–water partition coefficient (Wildman–Crippen LogP) is 3.09. The Hall–Kier alpha value is -1.09. The molecule has 1 aromatic rings. The second kappa shape index (κ2) is 7.49. The Morgan fingerprint density at radius 3 is 2.53 bits per heavy atom. The number of aryl methyl sites for hydroxylation is 1. The van der Waals surface area contributed by atoms with E-state index < -0.39 is 0 Å². The Kier molecular flexibility index (Phi) is 6.29. The first kappa shape index (κ1) is 16.0. The molecule has 0 amide bonds. The van der Waals surface area contributed by atoms with Crippen LogP contribution in [0.25, 0.3) is 0 Å². The standard InChI is InChI=1S/C16H28N2O/c1-6-13(4)17-11-15-8-7-14(5)18(16(15)19)10-9-12(2)3/h7-8,12-13,17H,6,9-11H2,1-5H3. The van der Waals surface area contributed by atoms with Crippen LogP contribution in [-0.4, -0.2) is 10.6 Å². The van der Waals surface area contributed by atoms with E-state index in [1.165, 1.54) is 0 Å². The molecule has 0 saturated heterocycles. The Morgan fingerprint density at radius 1 is 1.26 bits per heavy atom. The fourth-order valence-corrected chi connectivity index (χ4v) is 1.94. The lowest BCUT2D eigenvalue weighted by Gasteiger charge is -2.15. The SMILES string of the molecule is CCC(C)NCc1ccc(C)n(CCC(C)C)c1=O. The van der Waals surface area contributed by atoms with Crippen LogP contribution in [0.2, 0.25) is 0 Å². The largest absolute Gasteiger partial charge is 0.313 e. The van der Waals surface area contributed by atoms with Crippen LogP contribution in [0.3, 0.4) is 0 Å². The third-order valence-electron chi connectivity index (χ3n) is 3.65. The van der Waals surface area contributed by atoms with Gasteiger partial charge in [0.1, 0.15) is 0 Å². The third kappa shape index (κ3) is 4.83. The Bertz CT molecular complexity index is 449. The highest BCUT2D eigenvalue weighted by molar-refractivity contribution is 5.15. The smallest absolute Gasteiger partial charge is 0.255 e. The van der Waals surface area contributed by atoms with Crippen molar-refractivity contribution in [2.75, 3.05) is 0 Å². The summed E-state index contributed by atoms with van der Waals surface area (Å²) in [6.07, 6.45) is 2.12. The maximum atomic E-state index is 12.4. The van der Waals surface area contributed by atoms with E-state index in [4.69, 9.17) is 0 Å². The highest BCUT2D eigenvalue weighted by Gasteiger charge is 2.08. The maximum absolute atomic E-state index is 12.4. The van der Waals surface area contributed by atoms with Crippen LogP contribution in [0.15, 0.2) is 16.9 Å². The minimum atomic E-state index is 0.163. The van der Waals surface area contributed by atoms with E-state index in [0.29, 0.717) is 18.5 Å². The normalized spacial score (nSPS) is 12.9. The molecule has 1 rings (SSSR count). The highest BCUT2D eigenvalue weighted by Crippen LogP contribution is 2.05. The Balaban J connectivity index is 2.84. The molecule has 1 atom stereocenters. The van der Waals surface area contributed by atoms with E-state index in [2.05, 4.69) is 39.1 Å². The van der Waals surface area contributed by atoms with Crippen molar-refractivity contribution in [3.63, 3.8) is 0 Å². The molecular formula is C16H28N2O. The number of aromatic nitrogens is 1. The second-order valence-electron chi connectivity index (χ2n) is 5.83. The van der Waals surface area contributed by atoms with Gasteiger partial charge in [0.05, 0.1) is 0 Å². The molecule has 0 aliphatic heterocycles. The zero-order chi connectivity index (χ0) is 14.4. The number of rotatable bonds is 7. The molecule has 3 heteroatoms. The molecule has 0 spiro atoms. The Morgan fingerprint density at radius 2 is 1.95 bits per heavy atom. The summed E-state index contributed by atoms with van der Waals surface area (Å²) >= 11 is 0. The summed E-state index contributed by atoms with van der Waals surface area (Å²) in [7, 11) is 0. The van der Waals surface area contributed by atoms with Crippen LogP contribution in [0, 0.1) is 12.8 Å². The summed E-state index contributed by atoms with van der Waals surface area (Å²) < 4.78 is 1.91. The zero-order valence-corrected chi connectivity index (χ0v) is 13.0. The lowest BCUT2D eigenvalue weighted by atomic mass is 10.1. The minimum Gasteiger partial charge on any atom is -0.313 e. The van der Waals surface area contributed by atoms with E-state index in [1.807, 2.05) is 17.6 Å². The molecule has 1 heterocycles. The molecule has 0 aliphatic carbocycles. The van der Waals surface area contributed by atoms with Gasteiger partial charge >= 0.3 is 0 Å². The van der Waals surface area contributed by atoms with Crippen molar-refractivity contribution >= 4 is 0 Å². The number of hydrogen-bond acceptors (Lipinski definition) is 2. The van der Waals surface area contributed by atoms with Crippen molar-refractivity contribution in [1.29, 1.82) is 0 Å². The summed E-state index contributed by atoms with van der Waals surface area (Å²) in [4.78, 5) is 12.4. The molecular weight excluding hydrogens is 236 g/mol. The first-order valence-corrected chi connectivity index (χ1v) is 7.38. The summed E-state index contributed by atoms with van der Waals surface area (Å²) in [5.41, 5.74) is 2.09. The van der Waals surface area contributed by atoms with Gasteiger partial charge in [0.2, 0.25) is 0 Å². The van der Waals surface area contributed by atoms with Crippen LogP contribution in [0.5, 0.6) is 0 Å². The van der Waals surface area contributed by atoms with Crippen molar-refractivity contribution in [3.05, 3.63) is 33.7 Å². The van der Waals surface area contributed by atoms with Gasteiger partial charge in [0.25, 0.3) is 5.56 Å². The van der Waals surface area contributed by atoms with Gasteiger partial charge in [-0.15, -0.1) is 0 Å². The predicted molar refractivity (Wildman–Crippen MR) is 81.5 cm³/mol. The van der Waals surface area contributed by atoms with E-state index in [-0.39, 0.29) is 5.56 Å². The first-order valence-electron chi connectivity index (χ1n) is 7.38. The van der Waals surface area contributed by atoms with E-state index >= 15 is 0 Å². The maximum Gasteiger partial charge on any atom is 0.255 e. The molecule has 3 nitrogen and oxygen atoms in total. The molecule has 1 aromatic heterocycles. The average Bonchev–Trinajstić information content (AvgIpc) is 2.36. The van der Waals surface area contributed by atoms with Crippen molar-refractivity contribution < 1.29 is 0 Å². The summed E-state index contributed by atoms with van der Waals surface area (Å²) in [5, 5.41) is 3.39. The summed E-state index contributed by atoms with van der Waals surface area (Å²) in [6, 6.07) is 4.46. The van der Waals surface area contributed by atoms with Crippen LogP contribution >= 0.6 is 0 Å². The molecule has 108 valence electrons. The lowest BCUT2D eigenvalue weighted by Crippen LogP contribution is -2.31. The van der Waals surface area contributed by atoms with Crippen LogP contribution in [0.4, 0.5) is 0 Å². The monoisotopic (exact) mass is 264 g/mol.